The number of nitriles is 1. The van der Waals surface area contributed by atoms with Crippen LogP contribution < -0.4 is 10.6 Å². The molecule has 0 aromatic heterocycles. The van der Waals surface area contributed by atoms with Crippen molar-refractivity contribution in [3.05, 3.63) is 83.6 Å². The molecule has 30 heavy (non-hydrogen) atoms. The second-order valence-electron chi connectivity index (χ2n) is 7.38. The van der Waals surface area contributed by atoms with E-state index in [-0.39, 0.29) is 11.5 Å². The van der Waals surface area contributed by atoms with Gasteiger partial charge in [0.05, 0.1) is 0 Å². The number of carbonyl (C=O) groups is 1. The molecule has 6 heteroatoms. The molecule has 0 unspecified atom stereocenters. The fourth-order valence-corrected chi connectivity index (χ4v) is 3.46. The molecule has 3 rings (SSSR count). The van der Waals surface area contributed by atoms with Gasteiger partial charge in [-0.05, 0) is 11.1 Å². The second kappa shape index (κ2) is 11.8. The van der Waals surface area contributed by atoms with Crippen LogP contribution in [0.4, 0.5) is 0 Å². The number of nitrogens with zero attached hydrogens (tertiary/aromatic N) is 3. The molecule has 2 aromatic rings. The number of hydrogen-bond donors (Lipinski definition) is 2. The van der Waals surface area contributed by atoms with Gasteiger partial charge in [-0.15, -0.1) is 0 Å². The van der Waals surface area contributed by atoms with Gasteiger partial charge in [0.1, 0.15) is 11.6 Å². The van der Waals surface area contributed by atoms with Gasteiger partial charge in [0.15, 0.2) is 0 Å². The van der Waals surface area contributed by atoms with Gasteiger partial charge in [0.2, 0.25) is 0 Å². The summed E-state index contributed by atoms with van der Waals surface area (Å²) < 4.78 is 0. The van der Waals surface area contributed by atoms with Gasteiger partial charge in [-0.1, -0.05) is 60.7 Å². The molecular weight excluding hydrogens is 374 g/mol. The Kier molecular flexibility index (Phi) is 8.46. The normalized spacial score (nSPS) is 14.7. The van der Waals surface area contributed by atoms with E-state index in [0.717, 1.165) is 43.9 Å². The van der Waals surface area contributed by atoms with Crippen LogP contribution in [0.3, 0.4) is 0 Å². The summed E-state index contributed by atoms with van der Waals surface area (Å²) in [6.45, 7) is 6.50. The summed E-state index contributed by atoms with van der Waals surface area (Å²) in [6, 6.07) is 22.2. The monoisotopic (exact) mass is 403 g/mol. The summed E-state index contributed by atoms with van der Waals surface area (Å²) in [7, 11) is 0. The first-order valence-electron chi connectivity index (χ1n) is 10.4. The van der Waals surface area contributed by atoms with E-state index >= 15 is 0 Å². The lowest BCUT2D eigenvalue weighted by Gasteiger charge is -2.27. The fourth-order valence-electron chi connectivity index (χ4n) is 3.46. The van der Waals surface area contributed by atoms with Gasteiger partial charge in [0.25, 0.3) is 5.91 Å². The molecule has 1 aliphatic heterocycles. The number of hydrogen-bond acceptors (Lipinski definition) is 5. The van der Waals surface area contributed by atoms with Crippen LogP contribution in [-0.4, -0.2) is 55.0 Å². The van der Waals surface area contributed by atoms with Crippen molar-refractivity contribution in [1.82, 2.24) is 20.4 Å². The maximum Gasteiger partial charge on any atom is 0.263 e. The third kappa shape index (κ3) is 7.03. The Labute approximate surface area is 178 Å². The summed E-state index contributed by atoms with van der Waals surface area (Å²) >= 11 is 0. The average Bonchev–Trinajstić information content (AvgIpc) is 2.79. The van der Waals surface area contributed by atoms with E-state index in [1.165, 1.54) is 0 Å². The molecule has 6 nitrogen and oxygen atoms in total. The molecule has 1 fully saturated rings. The summed E-state index contributed by atoms with van der Waals surface area (Å²) in [5, 5.41) is 15.8. The molecule has 0 spiro atoms. The van der Waals surface area contributed by atoms with Gasteiger partial charge in [-0.2, -0.15) is 5.26 Å². The van der Waals surface area contributed by atoms with Gasteiger partial charge in [-0.3, -0.25) is 9.69 Å². The second-order valence-corrected chi connectivity index (χ2v) is 7.38. The lowest BCUT2D eigenvalue weighted by molar-refractivity contribution is -0.117. The summed E-state index contributed by atoms with van der Waals surface area (Å²) in [6.07, 6.45) is 1.68. The molecular formula is C24H29N5O. The van der Waals surface area contributed by atoms with Crippen molar-refractivity contribution in [2.75, 3.05) is 39.3 Å². The Morgan fingerprint density at radius 1 is 1.03 bits per heavy atom. The molecule has 156 valence electrons. The SMILES string of the molecule is N#C/C(=C/N(Cc1ccccc1)Cc1ccccc1)C(=O)NCCN1CCNCC1. The van der Waals surface area contributed by atoms with Crippen molar-refractivity contribution in [2.45, 2.75) is 13.1 Å². The van der Waals surface area contributed by atoms with Crippen LogP contribution in [0.2, 0.25) is 0 Å². The highest BCUT2D eigenvalue weighted by Crippen LogP contribution is 2.12. The maximum absolute atomic E-state index is 12.6. The van der Waals surface area contributed by atoms with Crippen molar-refractivity contribution >= 4 is 5.91 Å². The van der Waals surface area contributed by atoms with E-state index in [1.54, 1.807) is 6.20 Å². The van der Waals surface area contributed by atoms with Crippen molar-refractivity contribution in [2.24, 2.45) is 0 Å². The largest absolute Gasteiger partial charge is 0.367 e. The Balaban J connectivity index is 1.65. The standard InChI is InChI=1S/C24H29N5O/c25-17-23(24(30)27-13-16-28-14-11-26-12-15-28)20-29(18-21-7-3-1-4-8-21)19-22-9-5-2-6-10-22/h1-10,20,26H,11-16,18-19H2,(H,27,30)/b23-20-. The molecule has 0 saturated carbocycles. The van der Waals surface area contributed by atoms with Crippen molar-refractivity contribution < 1.29 is 4.79 Å². The van der Waals surface area contributed by atoms with E-state index in [1.807, 2.05) is 65.6 Å². The first kappa shape index (κ1) is 21.6. The Morgan fingerprint density at radius 3 is 2.13 bits per heavy atom. The fraction of sp³-hybridized carbons (Fsp3) is 0.333. The molecule has 1 amide bonds. The highest BCUT2D eigenvalue weighted by Gasteiger charge is 2.14. The third-order valence-electron chi connectivity index (χ3n) is 5.06. The zero-order valence-electron chi connectivity index (χ0n) is 17.3. The van der Waals surface area contributed by atoms with Crippen molar-refractivity contribution in [1.29, 1.82) is 5.26 Å². The van der Waals surface area contributed by atoms with E-state index in [9.17, 15) is 10.1 Å². The smallest absolute Gasteiger partial charge is 0.263 e. The zero-order chi connectivity index (χ0) is 21.0. The molecule has 2 aromatic carbocycles. The van der Waals surface area contributed by atoms with E-state index in [0.29, 0.717) is 19.6 Å². The Morgan fingerprint density at radius 2 is 1.60 bits per heavy atom. The molecule has 0 radical (unpaired) electrons. The summed E-state index contributed by atoms with van der Waals surface area (Å²) in [5.41, 5.74) is 2.38. The van der Waals surface area contributed by atoms with Gasteiger partial charge in [-0.25, -0.2) is 0 Å². The van der Waals surface area contributed by atoms with Gasteiger partial charge < -0.3 is 15.5 Å². The lowest BCUT2D eigenvalue weighted by Crippen LogP contribution is -2.46. The molecule has 0 aliphatic carbocycles. The predicted molar refractivity (Wildman–Crippen MR) is 118 cm³/mol. The predicted octanol–water partition coefficient (Wildman–Crippen LogP) is 2.12. The molecule has 2 N–H and O–H groups in total. The van der Waals surface area contributed by atoms with Crippen molar-refractivity contribution in [3.8, 4) is 6.07 Å². The zero-order valence-corrected chi connectivity index (χ0v) is 17.3. The van der Waals surface area contributed by atoms with Crippen LogP contribution >= 0.6 is 0 Å². The first-order valence-corrected chi connectivity index (χ1v) is 10.4. The molecule has 0 atom stereocenters. The van der Waals surface area contributed by atoms with Gasteiger partial charge in [0, 0.05) is 58.6 Å². The Hall–Kier alpha value is -3.14. The molecule has 1 aliphatic rings. The maximum atomic E-state index is 12.6. The summed E-state index contributed by atoms with van der Waals surface area (Å²) in [4.78, 5) is 16.9. The quantitative estimate of drug-likeness (QED) is 0.496. The lowest BCUT2D eigenvalue weighted by atomic mass is 10.1. The number of amides is 1. The van der Waals surface area contributed by atoms with E-state index in [4.69, 9.17) is 0 Å². The number of benzene rings is 2. The minimum absolute atomic E-state index is 0.127. The van der Waals surface area contributed by atoms with Crippen LogP contribution in [0.5, 0.6) is 0 Å². The van der Waals surface area contributed by atoms with Crippen LogP contribution in [-0.2, 0) is 17.9 Å². The number of nitrogens with one attached hydrogen (secondary N) is 2. The number of piperazine rings is 1. The number of rotatable bonds is 9. The minimum Gasteiger partial charge on any atom is -0.367 e. The molecule has 1 saturated heterocycles. The third-order valence-corrected chi connectivity index (χ3v) is 5.06. The highest BCUT2D eigenvalue weighted by molar-refractivity contribution is 5.97. The average molecular weight is 404 g/mol. The van der Waals surface area contributed by atoms with Crippen LogP contribution in [0.15, 0.2) is 72.4 Å². The minimum atomic E-state index is -0.321. The van der Waals surface area contributed by atoms with Crippen LogP contribution in [0.25, 0.3) is 0 Å². The molecule has 1 heterocycles. The highest BCUT2D eigenvalue weighted by atomic mass is 16.1. The summed E-state index contributed by atoms with van der Waals surface area (Å²) in [5.74, 6) is -0.321. The van der Waals surface area contributed by atoms with Gasteiger partial charge >= 0.3 is 0 Å². The Bertz CT molecular complexity index is 813. The van der Waals surface area contributed by atoms with Crippen molar-refractivity contribution in [3.63, 3.8) is 0 Å². The number of carbonyl (C=O) groups excluding carboxylic acids is 1. The van der Waals surface area contributed by atoms with Crippen LogP contribution in [0.1, 0.15) is 11.1 Å². The topological polar surface area (TPSA) is 71.4 Å². The van der Waals surface area contributed by atoms with E-state index in [2.05, 4.69) is 21.6 Å². The van der Waals surface area contributed by atoms with Crippen LogP contribution in [0, 0.1) is 11.3 Å². The molecule has 0 bridgehead atoms. The first-order chi connectivity index (χ1) is 14.7. The van der Waals surface area contributed by atoms with E-state index < -0.39 is 0 Å².